The molecule has 30 heavy (non-hydrogen) atoms. The lowest BCUT2D eigenvalue weighted by Gasteiger charge is -2.35. The SMILES string of the molecule is O=C([C@@H]1CCCN(c2cn(CCO)cn2)C1)N(c1ccc(C(F)(F)F)cn1)S(=O)[O-]. The average molecular weight is 446 g/mol. The summed E-state index contributed by atoms with van der Waals surface area (Å²) in [5.41, 5.74) is -1.04. The highest BCUT2D eigenvalue weighted by molar-refractivity contribution is 7.81. The molecule has 3 heterocycles. The van der Waals surface area contributed by atoms with Gasteiger partial charge in [-0.05, 0) is 25.0 Å². The van der Waals surface area contributed by atoms with E-state index in [1.807, 2.05) is 4.90 Å². The van der Waals surface area contributed by atoms with Gasteiger partial charge in [-0.15, -0.1) is 0 Å². The highest BCUT2D eigenvalue weighted by Crippen LogP contribution is 2.30. The molecule has 1 N–H and O–H groups in total. The molecule has 2 atom stereocenters. The van der Waals surface area contributed by atoms with Crippen LogP contribution in [0.15, 0.2) is 30.9 Å². The van der Waals surface area contributed by atoms with Crippen LogP contribution in [0.2, 0.25) is 0 Å². The number of anilines is 2. The molecule has 0 spiro atoms. The zero-order valence-electron chi connectivity index (χ0n) is 15.7. The molecule has 1 fully saturated rings. The summed E-state index contributed by atoms with van der Waals surface area (Å²) < 4.78 is 63.6. The van der Waals surface area contributed by atoms with Crippen LogP contribution in [0.3, 0.4) is 0 Å². The second-order valence-corrected chi connectivity index (χ2v) is 7.53. The molecule has 3 rings (SSSR count). The predicted molar refractivity (Wildman–Crippen MR) is 99.9 cm³/mol. The van der Waals surface area contributed by atoms with E-state index < -0.39 is 40.6 Å². The molecular formula is C17H19F3N5O4S-. The van der Waals surface area contributed by atoms with Gasteiger partial charge in [0.1, 0.15) is 11.6 Å². The Morgan fingerprint density at radius 1 is 1.37 bits per heavy atom. The minimum Gasteiger partial charge on any atom is -0.755 e. The number of hydrogen-bond donors (Lipinski definition) is 1. The molecule has 0 aliphatic carbocycles. The summed E-state index contributed by atoms with van der Waals surface area (Å²) in [6.07, 6.45) is 0.139. The minimum absolute atomic E-state index is 0.0543. The maximum Gasteiger partial charge on any atom is 0.417 e. The van der Waals surface area contributed by atoms with Crippen LogP contribution in [-0.4, -0.2) is 54.0 Å². The van der Waals surface area contributed by atoms with Crippen LogP contribution < -0.4 is 9.21 Å². The molecule has 13 heteroatoms. The average Bonchev–Trinajstić information content (AvgIpc) is 3.17. The number of carbonyl (C=O) groups excluding carboxylic acids is 1. The Labute approximate surface area is 172 Å². The van der Waals surface area contributed by atoms with E-state index >= 15 is 0 Å². The summed E-state index contributed by atoms with van der Waals surface area (Å²) in [5, 5.41) is 9.00. The molecule has 1 amide bonds. The molecule has 9 nitrogen and oxygen atoms in total. The number of aliphatic hydroxyl groups is 1. The molecular weight excluding hydrogens is 427 g/mol. The van der Waals surface area contributed by atoms with Crippen molar-refractivity contribution in [3.05, 3.63) is 36.4 Å². The van der Waals surface area contributed by atoms with Gasteiger partial charge in [-0.2, -0.15) is 13.2 Å². The van der Waals surface area contributed by atoms with Gasteiger partial charge in [-0.25, -0.2) is 14.3 Å². The number of alkyl halides is 3. The van der Waals surface area contributed by atoms with Gasteiger partial charge in [0.25, 0.3) is 0 Å². The van der Waals surface area contributed by atoms with Crippen molar-refractivity contribution >= 4 is 28.8 Å². The Morgan fingerprint density at radius 3 is 2.73 bits per heavy atom. The maximum absolute atomic E-state index is 12.9. The van der Waals surface area contributed by atoms with Gasteiger partial charge < -0.3 is 19.1 Å². The van der Waals surface area contributed by atoms with Crippen molar-refractivity contribution in [2.45, 2.75) is 25.6 Å². The first-order chi connectivity index (χ1) is 14.2. The van der Waals surface area contributed by atoms with E-state index in [2.05, 4.69) is 9.97 Å². The van der Waals surface area contributed by atoms with Crippen LogP contribution >= 0.6 is 0 Å². The number of piperidine rings is 1. The number of halogens is 3. The number of carbonyl (C=O) groups is 1. The van der Waals surface area contributed by atoms with Gasteiger partial charge in [0.05, 0.1) is 35.7 Å². The molecule has 0 saturated carbocycles. The van der Waals surface area contributed by atoms with E-state index in [0.717, 1.165) is 6.07 Å². The van der Waals surface area contributed by atoms with Crippen molar-refractivity contribution in [2.24, 2.45) is 5.92 Å². The van der Waals surface area contributed by atoms with Crippen molar-refractivity contribution in [3.63, 3.8) is 0 Å². The van der Waals surface area contributed by atoms with Crippen LogP contribution in [0.5, 0.6) is 0 Å². The summed E-state index contributed by atoms with van der Waals surface area (Å²) in [5.74, 6) is -1.28. The molecule has 0 bridgehead atoms. The number of aliphatic hydroxyl groups excluding tert-OH is 1. The fourth-order valence-corrected chi connectivity index (χ4v) is 3.80. The topological polar surface area (TPSA) is 115 Å². The van der Waals surface area contributed by atoms with Crippen molar-refractivity contribution in [3.8, 4) is 0 Å². The van der Waals surface area contributed by atoms with Crippen LogP contribution in [0.1, 0.15) is 18.4 Å². The van der Waals surface area contributed by atoms with E-state index in [-0.39, 0.29) is 13.2 Å². The highest BCUT2D eigenvalue weighted by Gasteiger charge is 2.34. The third-order valence-electron chi connectivity index (χ3n) is 4.70. The summed E-state index contributed by atoms with van der Waals surface area (Å²) in [6, 6.07) is 1.53. The van der Waals surface area contributed by atoms with E-state index in [9.17, 15) is 26.7 Å². The molecule has 164 valence electrons. The molecule has 1 saturated heterocycles. The Morgan fingerprint density at radius 2 is 2.13 bits per heavy atom. The zero-order chi connectivity index (χ0) is 21.9. The van der Waals surface area contributed by atoms with Crippen LogP contribution in [0.25, 0.3) is 0 Å². The fraction of sp³-hybridized carbons (Fsp3) is 0.471. The molecule has 2 aromatic heterocycles. The Kier molecular flexibility index (Phi) is 6.73. The van der Waals surface area contributed by atoms with Gasteiger partial charge in [-0.3, -0.25) is 9.00 Å². The van der Waals surface area contributed by atoms with Crippen molar-refractivity contribution in [1.29, 1.82) is 0 Å². The van der Waals surface area contributed by atoms with Gasteiger partial charge >= 0.3 is 6.18 Å². The zero-order valence-corrected chi connectivity index (χ0v) is 16.5. The Hall–Kier alpha value is -2.51. The summed E-state index contributed by atoms with van der Waals surface area (Å²) in [7, 11) is 0. The smallest absolute Gasteiger partial charge is 0.417 e. The molecule has 1 unspecified atom stereocenters. The fourth-order valence-electron chi connectivity index (χ4n) is 3.24. The highest BCUT2D eigenvalue weighted by atomic mass is 32.2. The van der Waals surface area contributed by atoms with Crippen molar-refractivity contribution in [1.82, 2.24) is 14.5 Å². The summed E-state index contributed by atoms with van der Waals surface area (Å²) >= 11 is -3.04. The maximum atomic E-state index is 12.9. The van der Waals surface area contributed by atoms with E-state index in [4.69, 9.17) is 5.11 Å². The van der Waals surface area contributed by atoms with Gasteiger partial charge in [0.15, 0.2) is 0 Å². The number of pyridine rings is 1. The number of hydrogen-bond acceptors (Lipinski definition) is 7. The largest absolute Gasteiger partial charge is 0.755 e. The predicted octanol–water partition coefficient (Wildman–Crippen LogP) is 1.33. The summed E-state index contributed by atoms with van der Waals surface area (Å²) in [6.45, 7) is 1.12. The Balaban J connectivity index is 1.77. The normalized spacial score (nSPS) is 18.3. The van der Waals surface area contributed by atoms with Crippen LogP contribution in [0, 0.1) is 5.92 Å². The lowest BCUT2D eigenvalue weighted by Crippen LogP contribution is -2.46. The first-order valence-electron chi connectivity index (χ1n) is 9.05. The van der Waals surface area contributed by atoms with Gasteiger partial charge in [-0.1, -0.05) is 0 Å². The molecule has 1 aliphatic rings. The van der Waals surface area contributed by atoms with Crippen LogP contribution in [-0.2, 0) is 28.8 Å². The van der Waals surface area contributed by atoms with E-state index in [1.165, 1.54) is 0 Å². The lowest BCUT2D eigenvalue weighted by atomic mass is 9.97. The first kappa shape index (κ1) is 22.2. The first-order valence-corrected chi connectivity index (χ1v) is 10.1. The molecule has 1 aliphatic heterocycles. The summed E-state index contributed by atoms with van der Waals surface area (Å²) in [4.78, 5) is 22.5. The van der Waals surface area contributed by atoms with E-state index in [0.29, 0.717) is 48.3 Å². The number of amides is 1. The minimum atomic E-state index is -4.62. The standard InChI is InChI=1S/C17H20F3N5O4S/c18-17(19,20)13-3-4-14(21-8-13)25(30(28)29)16(27)12-2-1-5-24(9-12)15-10-23(6-7-26)11-22-15/h3-4,8,10-12,26H,1-2,5-7,9H2,(H,28,29)/p-1/t12-/m1/s1. The number of aromatic nitrogens is 3. The second kappa shape index (κ2) is 9.10. The molecule has 2 aromatic rings. The van der Waals surface area contributed by atoms with Crippen molar-refractivity contribution < 1.29 is 31.8 Å². The number of imidazole rings is 1. The third kappa shape index (κ3) is 4.96. The van der Waals surface area contributed by atoms with Gasteiger partial charge in [0.2, 0.25) is 5.91 Å². The van der Waals surface area contributed by atoms with Crippen LogP contribution in [0.4, 0.5) is 24.8 Å². The second-order valence-electron chi connectivity index (χ2n) is 6.73. The third-order valence-corrected chi connectivity index (χ3v) is 5.37. The van der Waals surface area contributed by atoms with Crippen molar-refractivity contribution in [2.75, 3.05) is 28.9 Å². The number of nitrogens with zero attached hydrogens (tertiary/aromatic N) is 5. The monoisotopic (exact) mass is 446 g/mol. The Bertz CT molecular complexity index is 906. The molecule has 0 aromatic carbocycles. The van der Waals surface area contributed by atoms with Gasteiger partial charge in [0, 0.05) is 32.0 Å². The van der Waals surface area contributed by atoms with E-state index in [1.54, 1.807) is 17.1 Å². The number of rotatable bonds is 6. The molecule has 0 radical (unpaired) electrons. The lowest BCUT2D eigenvalue weighted by molar-refractivity contribution is -0.137. The quantitative estimate of drug-likeness (QED) is 0.666.